The van der Waals surface area contributed by atoms with Gasteiger partial charge in [0.25, 0.3) is 0 Å². The average molecular weight is 281 g/mol. The summed E-state index contributed by atoms with van der Waals surface area (Å²) in [5.41, 5.74) is 0.693. The molecular weight excluding hydrogens is 260 g/mol. The molecule has 0 aromatic heterocycles. The van der Waals surface area contributed by atoms with Crippen LogP contribution in [0.2, 0.25) is 5.02 Å². The highest BCUT2D eigenvalue weighted by Crippen LogP contribution is 2.25. The number of nitrogens with zero attached hydrogens (tertiary/aromatic N) is 1. The van der Waals surface area contributed by atoms with Crippen molar-refractivity contribution in [2.45, 2.75) is 33.7 Å². The molecule has 0 heterocycles. The molecular formula is C15H21ClN2O. The average Bonchev–Trinajstić information content (AvgIpc) is 2.38. The largest absolute Gasteiger partial charge is 0.493 e. The number of hydrogen-bond donors (Lipinski definition) is 1. The van der Waals surface area contributed by atoms with E-state index < -0.39 is 0 Å². The fourth-order valence-electron chi connectivity index (χ4n) is 1.56. The molecule has 0 fully saturated rings. The van der Waals surface area contributed by atoms with Crippen LogP contribution in [0.5, 0.6) is 5.75 Å². The molecule has 1 N–H and O–H groups in total. The van der Waals surface area contributed by atoms with Crippen molar-refractivity contribution in [2.75, 3.05) is 13.2 Å². The summed E-state index contributed by atoms with van der Waals surface area (Å²) in [6, 6.07) is 7.89. The van der Waals surface area contributed by atoms with Gasteiger partial charge in [0.1, 0.15) is 5.75 Å². The van der Waals surface area contributed by atoms with Crippen molar-refractivity contribution in [3.8, 4) is 11.8 Å². The second kappa shape index (κ2) is 7.37. The van der Waals surface area contributed by atoms with E-state index in [9.17, 15) is 0 Å². The molecule has 3 nitrogen and oxygen atoms in total. The Morgan fingerprint density at radius 2 is 2.16 bits per heavy atom. The zero-order valence-electron chi connectivity index (χ0n) is 11.8. The van der Waals surface area contributed by atoms with E-state index in [4.69, 9.17) is 21.6 Å². The molecule has 0 atom stereocenters. The third-order valence-corrected chi connectivity index (χ3v) is 3.11. The molecule has 0 aliphatic carbocycles. The van der Waals surface area contributed by atoms with Crippen LogP contribution in [-0.4, -0.2) is 13.2 Å². The number of nitriles is 1. The molecule has 1 aromatic rings. The van der Waals surface area contributed by atoms with Crippen molar-refractivity contribution in [1.29, 1.82) is 5.26 Å². The first-order valence-electron chi connectivity index (χ1n) is 6.51. The molecule has 0 bridgehead atoms. The smallest absolute Gasteiger partial charge is 0.123 e. The summed E-state index contributed by atoms with van der Waals surface area (Å²) < 4.78 is 5.78. The van der Waals surface area contributed by atoms with Gasteiger partial charge < -0.3 is 10.1 Å². The third-order valence-electron chi connectivity index (χ3n) is 2.88. The zero-order chi connectivity index (χ0) is 14.3. The van der Waals surface area contributed by atoms with E-state index in [0.29, 0.717) is 18.1 Å². The maximum atomic E-state index is 8.97. The summed E-state index contributed by atoms with van der Waals surface area (Å²) in [4.78, 5) is 0. The maximum Gasteiger partial charge on any atom is 0.123 e. The molecule has 0 radical (unpaired) electrons. The molecule has 19 heavy (non-hydrogen) atoms. The van der Waals surface area contributed by atoms with Crippen molar-refractivity contribution in [2.24, 2.45) is 5.41 Å². The Kier molecular flexibility index (Phi) is 6.14. The summed E-state index contributed by atoms with van der Waals surface area (Å²) in [6.07, 6.45) is 0.701. The van der Waals surface area contributed by atoms with Crippen LogP contribution in [0.25, 0.3) is 0 Å². The lowest BCUT2D eigenvalue weighted by Gasteiger charge is -2.17. The van der Waals surface area contributed by atoms with Gasteiger partial charge in [0.2, 0.25) is 0 Å². The normalized spacial score (nSPS) is 11.1. The van der Waals surface area contributed by atoms with Crippen molar-refractivity contribution < 1.29 is 4.74 Å². The number of halogens is 1. The van der Waals surface area contributed by atoms with Gasteiger partial charge in [-0.15, -0.1) is 0 Å². The minimum atomic E-state index is -0.353. The Labute approximate surface area is 120 Å². The van der Waals surface area contributed by atoms with Gasteiger partial charge in [0.15, 0.2) is 0 Å². The molecule has 104 valence electrons. The molecule has 0 spiro atoms. The van der Waals surface area contributed by atoms with E-state index in [1.54, 1.807) is 0 Å². The summed E-state index contributed by atoms with van der Waals surface area (Å²) in [6.45, 7) is 8.04. The van der Waals surface area contributed by atoms with Gasteiger partial charge in [0.05, 0.1) is 18.1 Å². The Morgan fingerprint density at radius 3 is 2.79 bits per heavy atom. The Bertz CT molecular complexity index is 452. The van der Waals surface area contributed by atoms with Crippen molar-refractivity contribution >= 4 is 11.6 Å². The zero-order valence-corrected chi connectivity index (χ0v) is 12.5. The van der Waals surface area contributed by atoms with Gasteiger partial charge >= 0.3 is 0 Å². The lowest BCUT2D eigenvalue weighted by Crippen LogP contribution is -2.15. The second-order valence-corrected chi connectivity index (χ2v) is 5.56. The van der Waals surface area contributed by atoms with Crippen LogP contribution in [0, 0.1) is 16.7 Å². The lowest BCUT2D eigenvalue weighted by molar-refractivity contribution is 0.262. The van der Waals surface area contributed by atoms with E-state index in [0.717, 1.165) is 24.4 Å². The fourth-order valence-corrected chi connectivity index (χ4v) is 1.75. The van der Waals surface area contributed by atoms with Gasteiger partial charge in [-0.05, 0) is 45.0 Å². The predicted octanol–water partition coefficient (Wildman–Crippen LogP) is 3.77. The lowest BCUT2D eigenvalue weighted by atomic mass is 9.92. The van der Waals surface area contributed by atoms with Crippen LogP contribution in [0.1, 0.15) is 32.8 Å². The first kappa shape index (κ1) is 15.8. The topological polar surface area (TPSA) is 45.0 Å². The van der Waals surface area contributed by atoms with Crippen LogP contribution in [0.4, 0.5) is 0 Å². The SMILES string of the molecule is CCNCc1cc(Cl)ccc1OCCC(C)(C)C#N. The highest BCUT2D eigenvalue weighted by atomic mass is 35.5. The summed E-state index contributed by atoms with van der Waals surface area (Å²) >= 11 is 6.00. The van der Waals surface area contributed by atoms with Crippen molar-refractivity contribution in [1.82, 2.24) is 5.32 Å². The minimum Gasteiger partial charge on any atom is -0.493 e. The van der Waals surface area contributed by atoms with Crippen molar-refractivity contribution in [3.05, 3.63) is 28.8 Å². The second-order valence-electron chi connectivity index (χ2n) is 5.13. The molecule has 0 saturated heterocycles. The minimum absolute atomic E-state index is 0.353. The molecule has 1 aromatic carbocycles. The highest BCUT2D eigenvalue weighted by molar-refractivity contribution is 6.30. The van der Waals surface area contributed by atoms with E-state index in [1.165, 1.54) is 0 Å². The number of rotatable bonds is 7. The van der Waals surface area contributed by atoms with Crippen molar-refractivity contribution in [3.63, 3.8) is 0 Å². The summed E-state index contributed by atoms with van der Waals surface area (Å²) in [5, 5.41) is 12.9. The van der Waals surface area contributed by atoms with E-state index in [2.05, 4.69) is 18.3 Å². The van der Waals surface area contributed by atoms with Crippen LogP contribution in [-0.2, 0) is 6.54 Å². The van der Waals surface area contributed by atoms with Crippen LogP contribution in [0.15, 0.2) is 18.2 Å². The molecule has 0 aliphatic rings. The van der Waals surface area contributed by atoms with Gasteiger partial charge in [0, 0.05) is 17.1 Å². The van der Waals surface area contributed by atoms with E-state index in [-0.39, 0.29) is 5.41 Å². The fraction of sp³-hybridized carbons (Fsp3) is 0.533. The summed E-state index contributed by atoms with van der Waals surface area (Å²) in [5.74, 6) is 0.832. The van der Waals surface area contributed by atoms with Crippen LogP contribution < -0.4 is 10.1 Å². The Morgan fingerprint density at radius 1 is 1.42 bits per heavy atom. The standard InChI is InChI=1S/C15H21ClN2O/c1-4-18-10-12-9-13(16)5-6-14(12)19-8-7-15(2,3)11-17/h5-6,9,18H,4,7-8,10H2,1-3H3. The molecule has 0 amide bonds. The molecule has 4 heteroatoms. The number of nitrogens with one attached hydrogen (secondary N) is 1. The molecule has 1 rings (SSSR count). The van der Waals surface area contributed by atoms with Gasteiger partial charge in [-0.1, -0.05) is 18.5 Å². The third kappa shape index (κ3) is 5.50. The predicted molar refractivity (Wildman–Crippen MR) is 78.3 cm³/mol. The Balaban J connectivity index is 2.64. The molecule has 0 aliphatic heterocycles. The maximum absolute atomic E-state index is 8.97. The number of ether oxygens (including phenoxy) is 1. The quantitative estimate of drug-likeness (QED) is 0.827. The van der Waals surface area contributed by atoms with Crippen LogP contribution in [0.3, 0.4) is 0 Å². The van der Waals surface area contributed by atoms with Gasteiger partial charge in [-0.25, -0.2) is 0 Å². The first-order valence-corrected chi connectivity index (χ1v) is 6.89. The van der Waals surface area contributed by atoms with Gasteiger partial charge in [-0.2, -0.15) is 5.26 Å². The van der Waals surface area contributed by atoms with Crippen LogP contribution >= 0.6 is 11.6 Å². The van der Waals surface area contributed by atoms with E-state index >= 15 is 0 Å². The van der Waals surface area contributed by atoms with E-state index in [1.807, 2.05) is 32.0 Å². The number of hydrogen-bond acceptors (Lipinski definition) is 3. The monoisotopic (exact) mass is 280 g/mol. The first-order chi connectivity index (χ1) is 8.98. The Hall–Kier alpha value is -1.24. The highest BCUT2D eigenvalue weighted by Gasteiger charge is 2.16. The summed E-state index contributed by atoms with van der Waals surface area (Å²) in [7, 11) is 0. The molecule has 0 unspecified atom stereocenters. The molecule has 0 saturated carbocycles. The van der Waals surface area contributed by atoms with Gasteiger partial charge in [-0.3, -0.25) is 0 Å². The number of benzene rings is 1.